The van der Waals surface area contributed by atoms with E-state index in [1.807, 2.05) is 0 Å². The van der Waals surface area contributed by atoms with Crippen molar-refractivity contribution in [2.24, 2.45) is 4.99 Å². The zero-order valence-electron chi connectivity index (χ0n) is 14.4. The third-order valence-corrected chi connectivity index (χ3v) is 4.02. The second-order valence-electron chi connectivity index (χ2n) is 6.34. The number of likely N-dealkylation sites (tertiary alicyclic amines) is 1. The van der Waals surface area contributed by atoms with Gasteiger partial charge in [0.2, 0.25) is 0 Å². The molecule has 0 atom stereocenters. The largest absolute Gasteiger partial charge is 0.357 e. The standard InChI is InChI=1S/C17H34N4/c1-5-7-9-12-19-16(18-6-2)20-15-17(3,4)21-13-10-8-11-14-21/h5,7H,6,8-15H2,1-4H3,(H2,18,19,20)/b7-5+. The van der Waals surface area contributed by atoms with Gasteiger partial charge in [0.1, 0.15) is 0 Å². The van der Waals surface area contributed by atoms with Gasteiger partial charge in [-0.15, -0.1) is 0 Å². The molecular formula is C17H34N4. The van der Waals surface area contributed by atoms with Crippen LogP contribution in [0.1, 0.15) is 53.4 Å². The molecule has 0 aliphatic carbocycles. The molecule has 2 N–H and O–H groups in total. The van der Waals surface area contributed by atoms with Gasteiger partial charge in [0.25, 0.3) is 0 Å². The van der Waals surface area contributed by atoms with E-state index in [0.717, 1.165) is 32.0 Å². The number of allylic oxidation sites excluding steroid dienone is 1. The molecule has 122 valence electrons. The lowest BCUT2D eigenvalue weighted by atomic mass is 9.99. The molecule has 4 heteroatoms. The first-order valence-electron chi connectivity index (χ1n) is 8.48. The average molecular weight is 294 g/mol. The predicted octanol–water partition coefficient (Wildman–Crippen LogP) is 2.77. The van der Waals surface area contributed by atoms with Crippen molar-refractivity contribution >= 4 is 5.96 Å². The van der Waals surface area contributed by atoms with Gasteiger partial charge in [-0.05, 0) is 60.0 Å². The van der Waals surface area contributed by atoms with Crippen LogP contribution in [0.15, 0.2) is 17.1 Å². The lowest BCUT2D eigenvalue weighted by Gasteiger charge is -2.40. The number of rotatable bonds is 7. The van der Waals surface area contributed by atoms with Crippen LogP contribution >= 0.6 is 0 Å². The van der Waals surface area contributed by atoms with E-state index < -0.39 is 0 Å². The third kappa shape index (κ3) is 6.98. The maximum Gasteiger partial charge on any atom is 0.191 e. The van der Waals surface area contributed by atoms with Crippen molar-refractivity contribution in [2.45, 2.75) is 58.9 Å². The van der Waals surface area contributed by atoms with Crippen molar-refractivity contribution in [1.29, 1.82) is 0 Å². The highest BCUT2D eigenvalue weighted by Gasteiger charge is 2.27. The molecule has 1 heterocycles. The van der Waals surface area contributed by atoms with Gasteiger partial charge < -0.3 is 10.6 Å². The summed E-state index contributed by atoms with van der Waals surface area (Å²) < 4.78 is 0. The van der Waals surface area contributed by atoms with E-state index in [1.165, 1.54) is 32.4 Å². The van der Waals surface area contributed by atoms with Crippen LogP contribution in [-0.4, -0.2) is 49.1 Å². The van der Waals surface area contributed by atoms with Crippen LogP contribution < -0.4 is 10.6 Å². The number of aliphatic imine (C=N–C) groups is 1. The first-order chi connectivity index (χ1) is 10.1. The molecule has 0 bridgehead atoms. The lowest BCUT2D eigenvalue weighted by Crippen LogP contribution is -2.49. The number of hydrogen-bond acceptors (Lipinski definition) is 2. The van der Waals surface area contributed by atoms with Crippen molar-refractivity contribution < 1.29 is 0 Å². The Hall–Kier alpha value is -1.03. The summed E-state index contributed by atoms with van der Waals surface area (Å²) in [6, 6.07) is 0. The molecule has 0 aromatic heterocycles. The monoisotopic (exact) mass is 294 g/mol. The highest BCUT2D eigenvalue weighted by atomic mass is 15.2. The Morgan fingerprint density at radius 2 is 1.90 bits per heavy atom. The maximum atomic E-state index is 4.79. The molecular weight excluding hydrogens is 260 g/mol. The van der Waals surface area contributed by atoms with Crippen LogP contribution in [0.4, 0.5) is 0 Å². The molecule has 0 amide bonds. The smallest absolute Gasteiger partial charge is 0.191 e. The Morgan fingerprint density at radius 1 is 1.19 bits per heavy atom. The summed E-state index contributed by atoms with van der Waals surface area (Å²) in [5.74, 6) is 0.937. The second-order valence-corrected chi connectivity index (χ2v) is 6.34. The molecule has 1 rings (SSSR count). The fourth-order valence-corrected chi connectivity index (χ4v) is 2.65. The van der Waals surface area contributed by atoms with Crippen molar-refractivity contribution in [3.63, 3.8) is 0 Å². The van der Waals surface area contributed by atoms with Gasteiger partial charge in [0, 0.05) is 18.6 Å². The highest BCUT2D eigenvalue weighted by molar-refractivity contribution is 5.79. The molecule has 0 aromatic rings. The first kappa shape index (κ1) is 18.0. The van der Waals surface area contributed by atoms with E-state index in [1.54, 1.807) is 0 Å². The Morgan fingerprint density at radius 3 is 2.52 bits per heavy atom. The van der Waals surface area contributed by atoms with E-state index in [2.05, 4.69) is 55.4 Å². The fourth-order valence-electron chi connectivity index (χ4n) is 2.65. The molecule has 0 unspecified atom stereocenters. The van der Waals surface area contributed by atoms with Gasteiger partial charge >= 0.3 is 0 Å². The van der Waals surface area contributed by atoms with Crippen LogP contribution in [0, 0.1) is 0 Å². The number of nitrogens with zero attached hydrogens (tertiary/aromatic N) is 2. The Labute approximate surface area is 131 Å². The summed E-state index contributed by atoms with van der Waals surface area (Å²) in [4.78, 5) is 7.37. The normalized spacial score (nSPS) is 18.2. The van der Waals surface area contributed by atoms with Gasteiger partial charge in [-0.2, -0.15) is 0 Å². The van der Waals surface area contributed by atoms with Crippen LogP contribution in [0.5, 0.6) is 0 Å². The third-order valence-electron chi connectivity index (χ3n) is 4.02. The Balaban J connectivity index is 2.49. The second kappa shape index (κ2) is 9.82. The topological polar surface area (TPSA) is 39.7 Å². The van der Waals surface area contributed by atoms with Crippen LogP contribution in [0.25, 0.3) is 0 Å². The van der Waals surface area contributed by atoms with Gasteiger partial charge in [0.15, 0.2) is 5.96 Å². The molecule has 1 fully saturated rings. The maximum absolute atomic E-state index is 4.79. The molecule has 0 aromatic carbocycles. The van der Waals surface area contributed by atoms with Crippen molar-refractivity contribution in [1.82, 2.24) is 15.5 Å². The summed E-state index contributed by atoms with van der Waals surface area (Å²) in [5, 5.41) is 6.73. The van der Waals surface area contributed by atoms with E-state index in [9.17, 15) is 0 Å². The van der Waals surface area contributed by atoms with Gasteiger partial charge in [-0.3, -0.25) is 9.89 Å². The minimum absolute atomic E-state index is 0.145. The Bertz CT molecular complexity index is 328. The minimum atomic E-state index is 0.145. The SMILES string of the molecule is C/C=C/CCNC(=NCC(C)(C)N1CCCCC1)NCC. The van der Waals surface area contributed by atoms with Crippen LogP contribution in [0.3, 0.4) is 0 Å². The number of guanidine groups is 1. The summed E-state index contributed by atoms with van der Waals surface area (Å²) in [7, 11) is 0. The number of hydrogen-bond donors (Lipinski definition) is 2. The zero-order valence-corrected chi connectivity index (χ0v) is 14.4. The number of nitrogens with one attached hydrogen (secondary N) is 2. The lowest BCUT2D eigenvalue weighted by molar-refractivity contribution is 0.102. The number of piperidine rings is 1. The van der Waals surface area contributed by atoms with Crippen LogP contribution in [0.2, 0.25) is 0 Å². The van der Waals surface area contributed by atoms with Crippen molar-refractivity contribution in [3.8, 4) is 0 Å². The van der Waals surface area contributed by atoms with Crippen molar-refractivity contribution in [2.75, 3.05) is 32.7 Å². The molecule has 0 spiro atoms. The minimum Gasteiger partial charge on any atom is -0.357 e. The molecule has 1 saturated heterocycles. The van der Waals surface area contributed by atoms with Gasteiger partial charge in [-0.1, -0.05) is 18.6 Å². The van der Waals surface area contributed by atoms with Gasteiger partial charge in [-0.25, -0.2) is 0 Å². The van der Waals surface area contributed by atoms with E-state index in [-0.39, 0.29) is 5.54 Å². The van der Waals surface area contributed by atoms with Crippen molar-refractivity contribution in [3.05, 3.63) is 12.2 Å². The van der Waals surface area contributed by atoms with E-state index in [0.29, 0.717) is 0 Å². The van der Waals surface area contributed by atoms with Crippen LogP contribution in [-0.2, 0) is 0 Å². The quantitative estimate of drug-likeness (QED) is 0.328. The summed E-state index contributed by atoms with van der Waals surface area (Å²) in [6.07, 6.45) is 9.34. The molecule has 1 aliphatic heterocycles. The molecule has 0 radical (unpaired) electrons. The molecule has 21 heavy (non-hydrogen) atoms. The average Bonchev–Trinajstić information content (AvgIpc) is 2.50. The zero-order chi connectivity index (χ0) is 15.6. The first-order valence-corrected chi connectivity index (χ1v) is 8.48. The summed E-state index contributed by atoms with van der Waals surface area (Å²) in [6.45, 7) is 13.9. The van der Waals surface area contributed by atoms with E-state index >= 15 is 0 Å². The Kier molecular flexibility index (Phi) is 8.43. The van der Waals surface area contributed by atoms with E-state index in [4.69, 9.17) is 4.99 Å². The highest BCUT2D eigenvalue weighted by Crippen LogP contribution is 2.20. The molecule has 4 nitrogen and oxygen atoms in total. The predicted molar refractivity (Wildman–Crippen MR) is 92.9 cm³/mol. The van der Waals surface area contributed by atoms with Gasteiger partial charge in [0.05, 0.1) is 6.54 Å². The summed E-state index contributed by atoms with van der Waals surface area (Å²) in [5.41, 5.74) is 0.145. The molecule has 0 saturated carbocycles. The fraction of sp³-hybridized carbons (Fsp3) is 0.824. The summed E-state index contributed by atoms with van der Waals surface area (Å²) >= 11 is 0. The molecule has 1 aliphatic rings.